The van der Waals surface area contributed by atoms with Crippen LogP contribution in [0.5, 0.6) is 0 Å². The lowest BCUT2D eigenvalue weighted by atomic mass is 10.4. The quantitative estimate of drug-likeness (QED) is 0.335. The molecule has 0 N–H and O–H groups in total. The molecule has 3 heteroatoms. The highest BCUT2D eigenvalue weighted by Gasteiger charge is 1.85. The van der Waals surface area contributed by atoms with Crippen LogP contribution in [-0.4, -0.2) is 5.30 Å². The summed E-state index contributed by atoms with van der Waals surface area (Å²) >= 11 is 3.37. The number of hydrogen-bond donors (Lipinski definition) is 1. The molecule has 0 aliphatic carbocycles. The smallest absolute Gasteiger partial charge is 0.369 e. The highest BCUT2D eigenvalue weighted by molar-refractivity contribution is 7.96. The van der Waals surface area contributed by atoms with Crippen LogP contribution in [-0.2, 0) is 4.74 Å². The van der Waals surface area contributed by atoms with Gasteiger partial charge >= 0.3 is 5.30 Å². The van der Waals surface area contributed by atoms with Crippen LogP contribution in [0.3, 0.4) is 0 Å². The molecule has 0 rings (SSSR count). The fraction of sp³-hybridized carbons (Fsp3) is 0.400. The van der Waals surface area contributed by atoms with Crippen LogP contribution in [0.1, 0.15) is 13.8 Å². The number of rotatable bonds is 1. The van der Waals surface area contributed by atoms with Crippen LogP contribution in [0.25, 0.3) is 0 Å². The zero-order valence-corrected chi connectivity index (χ0v) is 5.74. The Kier molecular flexibility index (Phi) is 3.35. The Morgan fingerprint density at radius 2 is 2.12 bits per heavy atom. The molecule has 2 nitrogen and oxygen atoms in total. The first-order valence-corrected chi connectivity index (χ1v) is 2.60. The Labute approximate surface area is 53.9 Å². The summed E-state index contributed by atoms with van der Waals surface area (Å²) in [5, 5.41) is -0.578. The fourth-order valence-corrected chi connectivity index (χ4v) is 0.221. The van der Waals surface area contributed by atoms with Crippen molar-refractivity contribution >= 4 is 17.9 Å². The zero-order chi connectivity index (χ0) is 6.57. The molecule has 46 valence electrons. The Hall–Kier alpha value is -0.440. The van der Waals surface area contributed by atoms with E-state index >= 15 is 0 Å². The van der Waals surface area contributed by atoms with Gasteiger partial charge in [0.25, 0.3) is 0 Å². The van der Waals surface area contributed by atoms with Crippen LogP contribution in [0, 0.1) is 0 Å². The van der Waals surface area contributed by atoms with Crippen molar-refractivity contribution in [3.63, 3.8) is 0 Å². The maximum Gasteiger partial charge on any atom is 0.369 e. The van der Waals surface area contributed by atoms with Gasteiger partial charge in [-0.1, -0.05) is 12.6 Å². The average molecular weight is 132 g/mol. The molecule has 0 aromatic rings. The molecule has 0 saturated carbocycles. The predicted octanol–water partition coefficient (Wildman–Crippen LogP) is 1.98. The van der Waals surface area contributed by atoms with Gasteiger partial charge in [0.1, 0.15) is 0 Å². The molecular weight excluding hydrogens is 124 g/mol. The molecule has 0 aromatic heterocycles. The second-order valence-corrected chi connectivity index (χ2v) is 1.94. The lowest BCUT2D eigenvalue weighted by Crippen LogP contribution is -1.83. The Balaban J connectivity index is 3.45. The predicted molar refractivity (Wildman–Crippen MR) is 34.9 cm³/mol. The number of thiol groups is 1. The van der Waals surface area contributed by atoms with Crippen LogP contribution in [0.15, 0.2) is 11.8 Å². The van der Waals surface area contributed by atoms with E-state index in [4.69, 9.17) is 0 Å². The maximum atomic E-state index is 9.95. The number of ether oxygens (including phenoxy) is 1. The Morgan fingerprint density at radius 3 is 2.25 bits per heavy atom. The molecular formula is C5H8O2S. The fourth-order valence-electron chi connectivity index (χ4n) is 0.168. The lowest BCUT2D eigenvalue weighted by molar-refractivity contribution is 0.213. The van der Waals surface area contributed by atoms with E-state index in [0.29, 0.717) is 0 Å². The molecule has 0 radical (unpaired) electrons. The van der Waals surface area contributed by atoms with E-state index in [1.165, 1.54) is 6.26 Å². The van der Waals surface area contributed by atoms with Crippen molar-refractivity contribution in [3.05, 3.63) is 11.8 Å². The molecule has 0 bridgehead atoms. The molecule has 0 saturated heterocycles. The minimum absolute atomic E-state index is 0.578. The van der Waals surface area contributed by atoms with Gasteiger partial charge in [-0.05, 0) is 19.4 Å². The van der Waals surface area contributed by atoms with Gasteiger partial charge in [-0.15, -0.1) is 0 Å². The van der Waals surface area contributed by atoms with E-state index in [9.17, 15) is 4.79 Å². The van der Waals surface area contributed by atoms with Gasteiger partial charge in [-0.3, -0.25) is 0 Å². The minimum Gasteiger partial charge on any atom is -0.427 e. The summed E-state index contributed by atoms with van der Waals surface area (Å²) in [5.74, 6) is 0. The molecule has 0 aliphatic heterocycles. The highest BCUT2D eigenvalue weighted by Crippen LogP contribution is 1.92. The summed E-state index contributed by atoms with van der Waals surface area (Å²) in [7, 11) is 0. The molecule has 0 aliphatic rings. The van der Waals surface area contributed by atoms with Crippen LogP contribution >= 0.6 is 12.6 Å². The third kappa shape index (κ3) is 5.56. The molecule has 0 heterocycles. The summed E-state index contributed by atoms with van der Waals surface area (Å²) in [6.07, 6.45) is 1.36. The van der Waals surface area contributed by atoms with E-state index in [-0.39, 0.29) is 0 Å². The van der Waals surface area contributed by atoms with E-state index in [1.807, 2.05) is 13.8 Å². The standard InChI is InChI=1S/C5H8O2S/c1-4(2)3-7-5(6)8/h3H,1-2H3,(H,6,8). The lowest BCUT2D eigenvalue weighted by Gasteiger charge is -1.89. The van der Waals surface area contributed by atoms with Crippen LogP contribution in [0.4, 0.5) is 4.79 Å². The number of carbonyl (C=O) groups is 1. The van der Waals surface area contributed by atoms with Crippen molar-refractivity contribution in [3.8, 4) is 0 Å². The van der Waals surface area contributed by atoms with Gasteiger partial charge in [0, 0.05) is 0 Å². The summed E-state index contributed by atoms with van der Waals surface area (Å²) in [4.78, 5) is 9.95. The molecule has 0 aromatic carbocycles. The third-order valence-corrected chi connectivity index (χ3v) is 0.501. The van der Waals surface area contributed by atoms with Gasteiger partial charge in [0.15, 0.2) is 0 Å². The van der Waals surface area contributed by atoms with Crippen molar-refractivity contribution in [2.24, 2.45) is 0 Å². The second kappa shape index (κ2) is 3.55. The average Bonchev–Trinajstić information content (AvgIpc) is 1.61. The first-order chi connectivity index (χ1) is 3.63. The van der Waals surface area contributed by atoms with Gasteiger partial charge in [-0.25, -0.2) is 4.79 Å². The molecule has 0 fully saturated rings. The summed E-state index contributed by atoms with van der Waals surface area (Å²) < 4.78 is 4.37. The Bertz CT molecular complexity index is 114. The highest BCUT2D eigenvalue weighted by atomic mass is 32.1. The van der Waals surface area contributed by atoms with Gasteiger partial charge < -0.3 is 4.74 Å². The van der Waals surface area contributed by atoms with E-state index in [2.05, 4.69) is 17.4 Å². The molecule has 0 amide bonds. The van der Waals surface area contributed by atoms with Crippen molar-refractivity contribution in [2.75, 3.05) is 0 Å². The van der Waals surface area contributed by atoms with E-state index in [1.54, 1.807) is 0 Å². The summed E-state index contributed by atoms with van der Waals surface area (Å²) in [5.41, 5.74) is 0.937. The van der Waals surface area contributed by atoms with Crippen molar-refractivity contribution in [1.29, 1.82) is 0 Å². The summed E-state index contributed by atoms with van der Waals surface area (Å²) in [6, 6.07) is 0. The molecule has 8 heavy (non-hydrogen) atoms. The Morgan fingerprint density at radius 1 is 1.62 bits per heavy atom. The molecule has 0 spiro atoms. The number of allylic oxidation sites excluding steroid dienone is 1. The zero-order valence-electron chi connectivity index (χ0n) is 4.84. The number of hydrogen-bond acceptors (Lipinski definition) is 2. The van der Waals surface area contributed by atoms with Gasteiger partial charge in [-0.2, -0.15) is 0 Å². The SMILES string of the molecule is CC(C)=COC(=O)S. The first-order valence-electron chi connectivity index (χ1n) is 2.16. The van der Waals surface area contributed by atoms with Crippen molar-refractivity contribution in [2.45, 2.75) is 13.8 Å². The molecule has 0 atom stereocenters. The van der Waals surface area contributed by atoms with Crippen molar-refractivity contribution < 1.29 is 9.53 Å². The van der Waals surface area contributed by atoms with Crippen LogP contribution in [0.2, 0.25) is 0 Å². The van der Waals surface area contributed by atoms with Gasteiger partial charge in [0.05, 0.1) is 6.26 Å². The van der Waals surface area contributed by atoms with Gasteiger partial charge in [0.2, 0.25) is 0 Å². The van der Waals surface area contributed by atoms with Crippen LogP contribution < -0.4 is 0 Å². The second-order valence-electron chi connectivity index (χ2n) is 1.58. The van der Waals surface area contributed by atoms with E-state index < -0.39 is 5.30 Å². The third-order valence-electron chi connectivity index (χ3n) is 0.395. The first kappa shape index (κ1) is 7.56. The van der Waals surface area contributed by atoms with E-state index in [0.717, 1.165) is 5.57 Å². The topological polar surface area (TPSA) is 26.3 Å². The summed E-state index contributed by atoms with van der Waals surface area (Å²) in [6.45, 7) is 3.66. The number of carbonyl (C=O) groups excluding carboxylic acids is 1. The molecule has 0 unspecified atom stereocenters. The largest absolute Gasteiger partial charge is 0.427 e. The monoisotopic (exact) mass is 132 g/mol. The van der Waals surface area contributed by atoms with Crippen molar-refractivity contribution in [1.82, 2.24) is 0 Å². The normalized spacial score (nSPS) is 7.88. The maximum absolute atomic E-state index is 9.95. The minimum atomic E-state index is -0.578.